The van der Waals surface area contributed by atoms with Crippen molar-refractivity contribution in [1.82, 2.24) is 29.7 Å². The first-order chi connectivity index (χ1) is 18.7. The third-order valence-corrected chi connectivity index (χ3v) is 6.33. The summed E-state index contributed by atoms with van der Waals surface area (Å²) in [5, 5.41) is 4.49. The van der Waals surface area contributed by atoms with E-state index in [1.165, 1.54) is 18.1 Å². The van der Waals surface area contributed by atoms with Gasteiger partial charge in [0.2, 0.25) is 11.8 Å². The van der Waals surface area contributed by atoms with Crippen LogP contribution in [0, 0.1) is 5.82 Å². The number of piperazine rings is 1. The summed E-state index contributed by atoms with van der Waals surface area (Å²) < 4.78 is 57.0. The molecule has 39 heavy (non-hydrogen) atoms. The van der Waals surface area contributed by atoms with Gasteiger partial charge in [-0.05, 0) is 35.5 Å². The summed E-state index contributed by atoms with van der Waals surface area (Å²) in [6.45, 7) is 1.96. The van der Waals surface area contributed by atoms with Crippen molar-refractivity contribution in [3.05, 3.63) is 65.5 Å². The van der Waals surface area contributed by atoms with E-state index >= 15 is 0 Å². The molecule has 1 aliphatic rings. The topological polar surface area (TPSA) is 101 Å². The number of imidazole rings is 1. The van der Waals surface area contributed by atoms with Crippen LogP contribution < -0.4 is 4.74 Å². The lowest BCUT2D eigenvalue weighted by molar-refractivity contribution is -0.162. The summed E-state index contributed by atoms with van der Waals surface area (Å²) in [6, 6.07) is 10.4. The Labute approximate surface area is 220 Å². The normalized spacial score (nSPS) is 14.5. The molecule has 3 aromatic heterocycles. The fourth-order valence-electron chi connectivity index (χ4n) is 4.39. The molecular formula is C26H24F4N7O2-. The Morgan fingerprint density at radius 3 is 2.64 bits per heavy atom. The highest BCUT2D eigenvalue weighted by Gasteiger charge is 2.34. The number of hydrogen-bond donors (Lipinski definition) is 1. The smallest absolute Gasteiger partial charge is 0.397 e. The van der Waals surface area contributed by atoms with Gasteiger partial charge in [-0.15, -0.1) is 0 Å². The number of pyridine rings is 2. The number of aromatic amines is 1. The fourth-order valence-corrected chi connectivity index (χ4v) is 4.39. The first-order valence-electron chi connectivity index (χ1n) is 12.1. The number of benzene rings is 1. The van der Waals surface area contributed by atoms with Gasteiger partial charge in [0.05, 0.1) is 19.3 Å². The number of aromatic nitrogens is 4. The van der Waals surface area contributed by atoms with Crippen LogP contribution in [0.2, 0.25) is 0 Å². The molecule has 0 atom stereocenters. The number of alkyl halides is 3. The molecule has 5 rings (SSSR count). The van der Waals surface area contributed by atoms with Gasteiger partial charge in [-0.25, -0.2) is 9.37 Å². The molecule has 9 nitrogen and oxygen atoms in total. The molecule has 1 saturated heterocycles. The monoisotopic (exact) mass is 542 g/mol. The minimum Gasteiger partial charge on any atom is -0.481 e. The van der Waals surface area contributed by atoms with E-state index in [-0.39, 0.29) is 13.1 Å². The molecule has 204 valence electrons. The molecule has 1 aromatic carbocycles. The Morgan fingerprint density at radius 1 is 1.10 bits per heavy atom. The van der Waals surface area contributed by atoms with Crippen molar-refractivity contribution >= 4 is 28.7 Å². The summed E-state index contributed by atoms with van der Waals surface area (Å²) in [6.07, 6.45) is -3.20. The second kappa shape index (κ2) is 10.8. The molecule has 13 heteroatoms. The number of hydrogen-bond acceptors (Lipinski definition) is 6. The fraction of sp³-hybridized carbons (Fsp3) is 0.308. The van der Waals surface area contributed by atoms with Crippen LogP contribution in [0.4, 0.5) is 29.3 Å². The largest absolute Gasteiger partial charge is 0.481 e. The highest BCUT2D eigenvalue weighted by molar-refractivity contribution is 5.84. The number of methoxy groups -OCH3 is 1. The highest BCUT2D eigenvalue weighted by Crippen LogP contribution is 2.32. The number of H-pyrrole nitrogens is 1. The van der Waals surface area contributed by atoms with E-state index in [9.17, 15) is 22.4 Å². The average molecular weight is 543 g/mol. The first kappa shape index (κ1) is 26.4. The molecule has 1 N–H and O–H groups in total. The van der Waals surface area contributed by atoms with Gasteiger partial charge in [0, 0.05) is 61.2 Å². The number of halogens is 4. The van der Waals surface area contributed by atoms with Gasteiger partial charge >= 0.3 is 6.18 Å². The van der Waals surface area contributed by atoms with Crippen molar-refractivity contribution in [2.24, 2.45) is 0 Å². The molecule has 4 aromatic rings. The number of ether oxygens (including phenoxy) is 1. The van der Waals surface area contributed by atoms with E-state index in [2.05, 4.69) is 30.2 Å². The maximum absolute atomic E-state index is 14.4. The summed E-state index contributed by atoms with van der Waals surface area (Å²) in [5.41, 5.74) is 3.19. The summed E-state index contributed by atoms with van der Waals surface area (Å²) in [4.78, 5) is 30.9. The van der Waals surface area contributed by atoms with E-state index in [0.29, 0.717) is 59.4 Å². The Morgan fingerprint density at radius 2 is 1.90 bits per heavy atom. The predicted molar refractivity (Wildman–Crippen MR) is 135 cm³/mol. The van der Waals surface area contributed by atoms with Crippen molar-refractivity contribution in [3.8, 4) is 17.0 Å². The summed E-state index contributed by atoms with van der Waals surface area (Å²) in [7, 11) is 1.46. The Kier molecular flexibility index (Phi) is 7.33. The van der Waals surface area contributed by atoms with Crippen LogP contribution in [0.1, 0.15) is 12.0 Å². The van der Waals surface area contributed by atoms with Crippen molar-refractivity contribution in [2.45, 2.75) is 19.1 Å². The number of carbonyl (C=O) groups excluding carboxylic acids is 1. The lowest BCUT2D eigenvalue weighted by atomic mass is 10.1. The Balaban J connectivity index is 1.23. The number of nitrogens with zero attached hydrogens (tertiary/aromatic N) is 6. The minimum absolute atomic E-state index is 0.244. The van der Waals surface area contributed by atoms with E-state index < -0.39 is 24.3 Å². The molecule has 1 aliphatic heterocycles. The third kappa shape index (κ3) is 6.42. The molecule has 4 heterocycles. The van der Waals surface area contributed by atoms with Gasteiger partial charge in [0.25, 0.3) is 0 Å². The van der Waals surface area contributed by atoms with Gasteiger partial charge in [0.1, 0.15) is 12.2 Å². The van der Waals surface area contributed by atoms with Crippen LogP contribution in [0.15, 0.2) is 48.8 Å². The second-order valence-corrected chi connectivity index (χ2v) is 9.08. The molecule has 0 bridgehead atoms. The summed E-state index contributed by atoms with van der Waals surface area (Å²) in [5.74, 6) is -0.313. The van der Waals surface area contributed by atoms with Crippen LogP contribution in [0.5, 0.6) is 5.88 Å². The van der Waals surface area contributed by atoms with Crippen molar-refractivity contribution < 1.29 is 27.1 Å². The predicted octanol–water partition coefficient (Wildman–Crippen LogP) is 5.10. The maximum atomic E-state index is 14.4. The lowest BCUT2D eigenvalue weighted by Gasteiger charge is -2.35. The van der Waals surface area contributed by atoms with Gasteiger partial charge in [-0.1, -0.05) is 12.1 Å². The highest BCUT2D eigenvalue weighted by atomic mass is 19.4. The van der Waals surface area contributed by atoms with Crippen LogP contribution in [0.25, 0.3) is 27.5 Å². The molecule has 0 saturated carbocycles. The standard InChI is InChI=1S/C26H24F4N7O2/c1-39-23-12-18(19(27)14-32-23)17-2-3-20-21(11-17)34-25(33-20)35-22-10-16(4-5-31-22)15-36-6-8-37(9-7-36)24(38)13-26(28,29)30/h2-5,10-12,14H,6-9,13,15H2,1H3,(H-,31,32,33,34,35)/q-1. The van der Waals surface area contributed by atoms with E-state index in [0.717, 1.165) is 11.8 Å². The van der Waals surface area contributed by atoms with Gasteiger partial charge < -0.3 is 29.9 Å². The number of rotatable bonds is 7. The second-order valence-electron chi connectivity index (χ2n) is 9.08. The molecular weight excluding hydrogens is 518 g/mol. The van der Waals surface area contributed by atoms with Crippen LogP contribution in [-0.4, -0.2) is 75.1 Å². The molecule has 0 aliphatic carbocycles. The third-order valence-electron chi connectivity index (χ3n) is 6.33. The Hall–Kier alpha value is -4.26. The Bertz CT molecular complexity index is 1480. The van der Waals surface area contributed by atoms with Crippen LogP contribution in [-0.2, 0) is 11.3 Å². The maximum Gasteiger partial charge on any atom is 0.397 e. The number of carbonyl (C=O) groups is 1. The zero-order valence-corrected chi connectivity index (χ0v) is 20.9. The average Bonchev–Trinajstić information content (AvgIpc) is 3.30. The van der Waals surface area contributed by atoms with E-state index in [1.807, 2.05) is 6.07 Å². The molecule has 1 amide bonds. The molecule has 1 fully saturated rings. The van der Waals surface area contributed by atoms with Gasteiger partial charge in [0.15, 0.2) is 0 Å². The quantitative estimate of drug-likeness (QED) is 0.326. The van der Waals surface area contributed by atoms with Crippen molar-refractivity contribution in [3.63, 3.8) is 0 Å². The molecule has 0 radical (unpaired) electrons. The lowest BCUT2D eigenvalue weighted by Crippen LogP contribution is -2.49. The van der Waals surface area contributed by atoms with Gasteiger partial charge in [-0.3, -0.25) is 9.69 Å². The number of nitrogens with one attached hydrogen (secondary N) is 1. The summed E-state index contributed by atoms with van der Waals surface area (Å²) >= 11 is 0. The number of fused-ring (bicyclic) bond motifs is 1. The van der Waals surface area contributed by atoms with E-state index in [4.69, 9.17) is 4.74 Å². The van der Waals surface area contributed by atoms with Crippen molar-refractivity contribution in [2.75, 3.05) is 33.3 Å². The van der Waals surface area contributed by atoms with Gasteiger partial charge in [-0.2, -0.15) is 13.2 Å². The molecule has 0 spiro atoms. The SMILES string of the molecule is COc1cc(-c2ccc3nc([N-]c4cc(CN5CCN(C(=O)CC(F)(F)F)CC5)ccn4)[nH]c3c2)c(F)cn1. The number of amides is 1. The first-order valence-corrected chi connectivity index (χ1v) is 12.1. The van der Waals surface area contributed by atoms with E-state index in [1.54, 1.807) is 30.5 Å². The molecule has 0 unspecified atom stereocenters. The minimum atomic E-state index is -4.50. The van der Waals surface area contributed by atoms with Crippen molar-refractivity contribution in [1.29, 1.82) is 0 Å². The zero-order chi connectivity index (χ0) is 27.6. The van der Waals surface area contributed by atoms with Crippen LogP contribution >= 0.6 is 0 Å². The van der Waals surface area contributed by atoms with Crippen LogP contribution in [0.3, 0.4) is 0 Å². The zero-order valence-electron chi connectivity index (χ0n) is 20.9.